The second-order valence-corrected chi connectivity index (χ2v) is 7.57. The number of hydrogen-bond donors (Lipinski definition) is 1. The third-order valence-electron chi connectivity index (χ3n) is 5.19. The van der Waals surface area contributed by atoms with Crippen LogP contribution in [0.5, 0.6) is 0 Å². The molecule has 0 aliphatic heterocycles. The minimum Gasteiger partial charge on any atom is -0.467 e. The summed E-state index contributed by atoms with van der Waals surface area (Å²) in [5, 5.41) is 9.00. The van der Waals surface area contributed by atoms with Gasteiger partial charge in [0.25, 0.3) is 5.56 Å². The van der Waals surface area contributed by atoms with E-state index in [1.54, 1.807) is 24.6 Å². The van der Waals surface area contributed by atoms with Crippen LogP contribution < -0.4 is 10.9 Å². The van der Waals surface area contributed by atoms with Gasteiger partial charge >= 0.3 is 0 Å². The molecule has 0 saturated carbocycles. The molecule has 154 valence electrons. The third kappa shape index (κ3) is 3.89. The number of carbonyl (C=O) groups is 1. The summed E-state index contributed by atoms with van der Waals surface area (Å²) in [7, 11) is 0. The minimum atomic E-state index is -0.310. The third-order valence-corrected chi connectivity index (χ3v) is 5.44. The van der Waals surface area contributed by atoms with Crippen molar-refractivity contribution in [3.8, 4) is 0 Å². The van der Waals surface area contributed by atoms with Crippen LogP contribution in [0.4, 0.5) is 0 Å². The van der Waals surface area contributed by atoms with Gasteiger partial charge in [0.15, 0.2) is 0 Å². The first-order chi connectivity index (χ1) is 14.4. The van der Waals surface area contributed by atoms with E-state index in [1.807, 2.05) is 38.1 Å². The Bertz CT molecular complexity index is 1250. The highest BCUT2D eigenvalue weighted by atomic mass is 35.5. The highest BCUT2D eigenvalue weighted by Crippen LogP contribution is 2.23. The van der Waals surface area contributed by atoms with Crippen molar-refractivity contribution in [2.45, 2.75) is 33.5 Å². The molecule has 0 fully saturated rings. The van der Waals surface area contributed by atoms with Gasteiger partial charge in [-0.25, -0.2) is 4.68 Å². The van der Waals surface area contributed by atoms with Crippen molar-refractivity contribution in [2.75, 3.05) is 0 Å². The number of fused-ring (bicyclic) bond motifs is 1. The number of furan rings is 1. The van der Waals surface area contributed by atoms with Crippen LogP contribution in [-0.4, -0.2) is 20.3 Å². The maximum absolute atomic E-state index is 13.1. The zero-order valence-electron chi connectivity index (χ0n) is 16.7. The number of amides is 1. The molecule has 0 spiro atoms. The van der Waals surface area contributed by atoms with Gasteiger partial charge in [-0.15, -0.1) is 0 Å². The van der Waals surface area contributed by atoms with Crippen LogP contribution in [0.3, 0.4) is 0 Å². The van der Waals surface area contributed by atoms with Gasteiger partial charge in [-0.05, 0) is 43.7 Å². The summed E-state index contributed by atoms with van der Waals surface area (Å²) in [6, 6.07) is 11.1. The minimum absolute atomic E-state index is 0.156. The van der Waals surface area contributed by atoms with Crippen LogP contribution in [0.2, 0.25) is 5.02 Å². The summed E-state index contributed by atoms with van der Waals surface area (Å²) < 4.78 is 8.47. The lowest BCUT2D eigenvalue weighted by molar-refractivity contribution is -0.122. The highest BCUT2D eigenvalue weighted by Gasteiger charge is 2.17. The van der Waals surface area contributed by atoms with E-state index in [4.69, 9.17) is 16.0 Å². The molecule has 0 aliphatic carbocycles. The lowest BCUT2D eigenvalue weighted by Gasteiger charge is -2.09. The normalized spacial score (nSPS) is 11.2. The van der Waals surface area contributed by atoms with Gasteiger partial charge in [-0.2, -0.15) is 5.10 Å². The van der Waals surface area contributed by atoms with E-state index >= 15 is 0 Å². The molecule has 1 N–H and O–H groups in total. The number of aryl methyl sites for hydroxylation is 2. The number of nitrogens with one attached hydrogen (secondary N) is 1. The second-order valence-electron chi connectivity index (χ2n) is 7.14. The van der Waals surface area contributed by atoms with Crippen LogP contribution in [0.1, 0.15) is 22.7 Å². The average molecular weight is 425 g/mol. The molecule has 8 heteroatoms. The number of rotatable bonds is 6. The van der Waals surface area contributed by atoms with E-state index in [0.29, 0.717) is 22.7 Å². The summed E-state index contributed by atoms with van der Waals surface area (Å²) in [5.74, 6) is 0.333. The molecular formula is C22H21ClN4O3. The van der Waals surface area contributed by atoms with Gasteiger partial charge < -0.3 is 14.3 Å². The Morgan fingerprint density at radius 2 is 1.93 bits per heavy atom. The Labute approximate surface area is 177 Å². The first-order valence-electron chi connectivity index (χ1n) is 9.53. The van der Waals surface area contributed by atoms with E-state index in [0.717, 1.165) is 22.3 Å². The molecule has 0 atom stereocenters. The molecule has 0 radical (unpaired) electrons. The smallest absolute Gasteiger partial charge is 0.276 e. The number of hydrogen-bond acceptors (Lipinski definition) is 4. The maximum atomic E-state index is 13.1. The van der Waals surface area contributed by atoms with Gasteiger partial charge in [-0.3, -0.25) is 9.59 Å². The fraction of sp³-hybridized carbons (Fsp3) is 0.227. The van der Waals surface area contributed by atoms with Crippen LogP contribution in [0.25, 0.3) is 10.8 Å². The van der Waals surface area contributed by atoms with Crippen molar-refractivity contribution < 1.29 is 9.21 Å². The predicted octanol–water partition coefficient (Wildman–Crippen LogP) is 3.43. The van der Waals surface area contributed by atoms with Gasteiger partial charge in [0.1, 0.15) is 12.3 Å². The Morgan fingerprint density at radius 3 is 2.63 bits per heavy atom. The summed E-state index contributed by atoms with van der Waals surface area (Å²) >= 11 is 5.98. The van der Waals surface area contributed by atoms with Gasteiger partial charge in [0, 0.05) is 28.3 Å². The average Bonchev–Trinajstić information content (AvgIpc) is 3.33. The largest absolute Gasteiger partial charge is 0.467 e. The van der Waals surface area contributed by atoms with Crippen LogP contribution in [-0.2, 0) is 24.4 Å². The van der Waals surface area contributed by atoms with Crippen molar-refractivity contribution in [1.29, 1.82) is 0 Å². The first kappa shape index (κ1) is 20.0. The standard InChI is InChI=1S/C22H21ClN4O3/c1-14-19-11-25-27(13-20(28)24-10-18-4-3-9-30-18)22(29)21(19)15(2)26(14)12-16-5-7-17(23)8-6-16/h3-9,11H,10,12-13H2,1-2H3,(H,24,28). The van der Waals surface area contributed by atoms with Crippen LogP contribution in [0, 0.1) is 13.8 Å². The van der Waals surface area contributed by atoms with Gasteiger partial charge in [-0.1, -0.05) is 23.7 Å². The molecule has 0 bridgehead atoms. The monoisotopic (exact) mass is 424 g/mol. The van der Waals surface area contributed by atoms with Gasteiger partial charge in [0.2, 0.25) is 5.91 Å². The van der Waals surface area contributed by atoms with Crippen molar-refractivity contribution in [2.24, 2.45) is 0 Å². The zero-order chi connectivity index (χ0) is 21.3. The number of halogens is 1. The lowest BCUT2D eigenvalue weighted by atomic mass is 10.2. The zero-order valence-corrected chi connectivity index (χ0v) is 17.4. The summed E-state index contributed by atoms with van der Waals surface area (Å²) in [6.45, 7) is 4.60. The number of nitrogens with zero attached hydrogens (tertiary/aromatic N) is 3. The fourth-order valence-corrected chi connectivity index (χ4v) is 3.68. The van der Waals surface area contributed by atoms with Crippen LogP contribution in [0.15, 0.2) is 58.1 Å². The summed E-state index contributed by atoms with van der Waals surface area (Å²) in [5.41, 5.74) is 2.60. The van der Waals surface area contributed by atoms with E-state index < -0.39 is 0 Å². The summed E-state index contributed by atoms with van der Waals surface area (Å²) in [6.07, 6.45) is 3.19. The number of carbonyl (C=O) groups excluding carboxylic acids is 1. The fourth-order valence-electron chi connectivity index (χ4n) is 3.56. The van der Waals surface area contributed by atoms with Crippen molar-refractivity contribution in [3.05, 3.63) is 86.9 Å². The van der Waals surface area contributed by atoms with E-state index in [2.05, 4.69) is 15.0 Å². The molecule has 0 unspecified atom stereocenters. The molecule has 1 amide bonds. The Morgan fingerprint density at radius 1 is 1.17 bits per heavy atom. The topological polar surface area (TPSA) is 82.1 Å². The molecule has 7 nitrogen and oxygen atoms in total. The highest BCUT2D eigenvalue weighted by molar-refractivity contribution is 6.30. The molecule has 4 rings (SSSR count). The van der Waals surface area contributed by atoms with Crippen LogP contribution >= 0.6 is 11.6 Å². The molecule has 3 heterocycles. The lowest BCUT2D eigenvalue weighted by Crippen LogP contribution is -2.33. The number of aromatic nitrogens is 3. The quantitative estimate of drug-likeness (QED) is 0.514. The SMILES string of the molecule is Cc1c2cnn(CC(=O)NCc3ccco3)c(=O)c2c(C)n1Cc1ccc(Cl)cc1. The molecular weight excluding hydrogens is 404 g/mol. The van der Waals surface area contributed by atoms with Gasteiger partial charge in [0.05, 0.1) is 24.4 Å². The Balaban J connectivity index is 1.60. The molecule has 1 aromatic carbocycles. The maximum Gasteiger partial charge on any atom is 0.276 e. The van der Waals surface area contributed by atoms with E-state index in [1.165, 1.54) is 4.68 Å². The Kier molecular flexibility index (Phi) is 5.46. The van der Waals surface area contributed by atoms with Crippen molar-refractivity contribution in [1.82, 2.24) is 19.7 Å². The Hall–Kier alpha value is -3.32. The molecule has 30 heavy (non-hydrogen) atoms. The molecule has 4 aromatic rings. The second kappa shape index (κ2) is 8.20. The molecule has 3 aromatic heterocycles. The van der Waals surface area contributed by atoms with E-state index in [9.17, 15) is 9.59 Å². The first-order valence-corrected chi connectivity index (χ1v) is 9.91. The van der Waals surface area contributed by atoms with Crippen molar-refractivity contribution >= 4 is 28.3 Å². The van der Waals surface area contributed by atoms with E-state index in [-0.39, 0.29) is 24.6 Å². The summed E-state index contributed by atoms with van der Waals surface area (Å²) in [4.78, 5) is 25.3. The predicted molar refractivity (Wildman–Crippen MR) is 115 cm³/mol. The number of benzene rings is 1. The molecule has 0 saturated heterocycles. The van der Waals surface area contributed by atoms with Crippen molar-refractivity contribution in [3.63, 3.8) is 0 Å². The molecule has 0 aliphatic rings.